The van der Waals surface area contributed by atoms with Gasteiger partial charge in [0.1, 0.15) is 5.58 Å². The summed E-state index contributed by atoms with van der Waals surface area (Å²) in [6.07, 6.45) is 3.74. The standard InChI is InChI=1S/C23H14NO.C15H18GeN.Ir/c1-2-6-16(7-3-1)17-9-11-19-20-14-18(21-8-4-5-13-24-21)10-12-22(20)25-23(19)15-17;1-12-5-7-13(8-6-12)15-10-9-14(11-17-15)16(2,3)4;/h1-9,11-15H;5-7,9-11H,1-4H3;/q2*-1;/i;1D3;. The second kappa shape index (κ2) is 13.2. The molecule has 7 aromatic rings. The van der Waals surface area contributed by atoms with Crippen LogP contribution in [0.3, 0.4) is 0 Å². The number of hydrogen-bond donors (Lipinski definition) is 0. The van der Waals surface area contributed by atoms with Gasteiger partial charge in [0, 0.05) is 31.7 Å². The van der Waals surface area contributed by atoms with E-state index in [1.807, 2.05) is 54.7 Å². The topological polar surface area (TPSA) is 38.9 Å². The predicted octanol–water partition coefficient (Wildman–Crippen LogP) is 9.52. The third kappa shape index (κ3) is 7.05. The molecule has 4 aromatic carbocycles. The number of hydrogen-bond acceptors (Lipinski definition) is 3. The van der Waals surface area contributed by atoms with Crippen molar-refractivity contribution in [2.24, 2.45) is 0 Å². The molecule has 5 heteroatoms. The van der Waals surface area contributed by atoms with Crippen molar-refractivity contribution >= 4 is 39.6 Å². The average Bonchev–Trinajstić information content (AvgIpc) is 3.42. The Morgan fingerprint density at radius 2 is 1.47 bits per heavy atom. The van der Waals surface area contributed by atoms with E-state index in [9.17, 15) is 0 Å². The first kappa shape index (κ1) is 26.8. The summed E-state index contributed by atoms with van der Waals surface area (Å²) in [6.45, 7) is -2.08. The van der Waals surface area contributed by atoms with Crippen molar-refractivity contribution in [3.05, 3.63) is 139 Å². The van der Waals surface area contributed by atoms with Gasteiger partial charge in [-0.15, -0.1) is 23.8 Å². The zero-order valence-corrected chi connectivity index (χ0v) is 28.7. The summed E-state index contributed by atoms with van der Waals surface area (Å²) < 4.78 is 29.5. The fourth-order valence-corrected chi connectivity index (χ4v) is 6.95. The van der Waals surface area contributed by atoms with E-state index in [-0.39, 0.29) is 20.1 Å². The van der Waals surface area contributed by atoms with Gasteiger partial charge in [-0.1, -0.05) is 60.0 Å². The zero-order chi connectivity index (χ0) is 31.6. The monoisotopic (exact) mass is 802 g/mol. The van der Waals surface area contributed by atoms with Crippen LogP contribution in [0.15, 0.2) is 126 Å². The number of benzene rings is 4. The summed E-state index contributed by atoms with van der Waals surface area (Å²) in [4.78, 5) is 8.89. The molecule has 0 fully saturated rings. The first-order valence-electron chi connectivity index (χ1n) is 15.4. The maximum absolute atomic E-state index is 7.35. The molecule has 0 atom stereocenters. The van der Waals surface area contributed by atoms with Crippen LogP contribution in [0.2, 0.25) is 17.3 Å². The molecule has 1 radical (unpaired) electrons. The van der Waals surface area contributed by atoms with Crippen LogP contribution < -0.4 is 4.40 Å². The molecule has 0 unspecified atom stereocenters. The van der Waals surface area contributed by atoms with E-state index < -0.39 is 20.1 Å². The molecule has 0 spiro atoms. The van der Waals surface area contributed by atoms with Gasteiger partial charge in [0.05, 0.1) is 5.58 Å². The number of nitrogens with zero attached hydrogens (tertiary/aromatic N) is 2. The fraction of sp³-hybridized carbons (Fsp3) is 0.105. The Hall–Kier alpha value is -3.83. The third-order valence-corrected chi connectivity index (χ3v) is 11.4. The average molecular weight is 801 g/mol. The summed E-state index contributed by atoms with van der Waals surface area (Å²) in [7, 11) is 0. The largest absolute Gasteiger partial charge is 0.500 e. The van der Waals surface area contributed by atoms with Crippen LogP contribution in [0.5, 0.6) is 0 Å². The normalized spacial score (nSPS) is 12.4. The minimum atomic E-state index is -2.08. The van der Waals surface area contributed by atoms with Crippen molar-refractivity contribution in [3.63, 3.8) is 0 Å². The van der Waals surface area contributed by atoms with Gasteiger partial charge in [0.2, 0.25) is 0 Å². The fourth-order valence-electron chi connectivity index (χ4n) is 4.78. The van der Waals surface area contributed by atoms with Crippen molar-refractivity contribution in [1.29, 1.82) is 0 Å². The molecule has 7 rings (SSSR count). The molecule has 3 nitrogen and oxygen atoms in total. The van der Waals surface area contributed by atoms with E-state index >= 15 is 0 Å². The molecule has 3 heterocycles. The van der Waals surface area contributed by atoms with Crippen LogP contribution in [0.25, 0.3) is 55.6 Å². The Morgan fingerprint density at radius 1 is 0.674 bits per heavy atom. The summed E-state index contributed by atoms with van der Waals surface area (Å²) in [5.41, 5.74) is 7.93. The van der Waals surface area contributed by atoms with Crippen molar-refractivity contribution in [2.45, 2.75) is 24.1 Å². The summed E-state index contributed by atoms with van der Waals surface area (Å²) in [5, 5.41) is 2.20. The zero-order valence-electron chi connectivity index (χ0n) is 27.2. The van der Waals surface area contributed by atoms with Gasteiger partial charge < -0.3 is 9.40 Å². The van der Waals surface area contributed by atoms with Crippen LogP contribution in [0.1, 0.15) is 9.68 Å². The second-order valence-electron chi connectivity index (χ2n) is 11.2. The molecular formula is C38H32GeIrN2O-2. The second-order valence-corrected chi connectivity index (χ2v) is 21.8. The molecule has 0 saturated carbocycles. The molecule has 0 aliphatic carbocycles. The quantitative estimate of drug-likeness (QED) is 0.132. The van der Waals surface area contributed by atoms with Crippen LogP contribution in [0, 0.1) is 19.0 Å². The van der Waals surface area contributed by atoms with Gasteiger partial charge in [-0.25, -0.2) is 0 Å². The maximum atomic E-state index is 7.35. The Bertz CT molecular complexity index is 2000. The molecule has 0 N–H and O–H groups in total. The van der Waals surface area contributed by atoms with E-state index in [1.54, 1.807) is 18.3 Å². The molecule has 0 aliphatic rings. The van der Waals surface area contributed by atoms with E-state index in [0.717, 1.165) is 50.0 Å². The third-order valence-electron chi connectivity index (χ3n) is 7.17. The van der Waals surface area contributed by atoms with Crippen LogP contribution in [-0.2, 0) is 20.1 Å². The Morgan fingerprint density at radius 3 is 2.14 bits per heavy atom. The van der Waals surface area contributed by atoms with E-state index in [0.29, 0.717) is 5.56 Å². The number of fused-ring (bicyclic) bond motifs is 3. The van der Waals surface area contributed by atoms with Crippen LogP contribution >= 0.6 is 0 Å². The van der Waals surface area contributed by atoms with E-state index in [2.05, 4.69) is 81.8 Å². The summed E-state index contributed by atoms with van der Waals surface area (Å²) in [6, 6.07) is 41.9. The van der Waals surface area contributed by atoms with Gasteiger partial charge >= 0.3 is 110 Å². The molecular weight excluding hydrogens is 765 g/mol. The minimum absolute atomic E-state index is 0. The van der Waals surface area contributed by atoms with Crippen molar-refractivity contribution in [3.8, 4) is 33.6 Å². The number of aryl methyl sites for hydroxylation is 1. The molecule has 3 aromatic heterocycles. The van der Waals surface area contributed by atoms with Gasteiger partial charge in [0.25, 0.3) is 0 Å². The van der Waals surface area contributed by atoms with Gasteiger partial charge in [0.15, 0.2) is 0 Å². The Balaban J connectivity index is 0.000000182. The van der Waals surface area contributed by atoms with E-state index in [1.165, 1.54) is 16.0 Å². The first-order chi connectivity index (χ1) is 21.6. The molecule has 0 amide bonds. The smallest absolute Gasteiger partial charge is 0.121 e. The number of furan rings is 1. The molecule has 0 saturated heterocycles. The Labute approximate surface area is 274 Å². The van der Waals surface area contributed by atoms with Crippen LogP contribution in [0.4, 0.5) is 0 Å². The maximum Gasteiger partial charge on any atom is 0.121 e. The van der Waals surface area contributed by atoms with Gasteiger partial charge in [-0.3, -0.25) is 0 Å². The van der Waals surface area contributed by atoms with Crippen molar-refractivity contribution < 1.29 is 28.6 Å². The van der Waals surface area contributed by atoms with Gasteiger partial charge in [-0.2, -0.15) is 0 Å². The van der Waals surface area contributed by atoms with Crippen molar-refractivity contribution in [2.75, 3.05) is 0 Å². The molecule has 215 valence electrons. The summed E-state index contributed by atoms with van der Waals surface area (Å²) >= 11 is -1.83. The minimum Gasteiger partial charge on any atom is -0.500 e. The van der Waals surface area contributed by atoms with E-state index in [4.69, 9.17) is 8.53 Å². The number of aromatic nitrogens is 2. The Kier molecular flexibility index (Phi) is 8.23. The number of rotatable bonds is 4. The molecule has 0 aliphatic heterocycles. The molecule has 43 heavy (non-hydrogen) atoms. The first-order valence-corrected chi connectivity index (χ1v) is 21.2. The molecule has 0 bridgehead atoms. The van der Waals surface area contributed by atoms with Crippen LogP contribution in [-0.4, -0.2) is 23.2 Å². The van der Waals surface area contributed by atoms with Crippen molar-refractivity contribution in [1.82, 2.24) is 9.97 Å². The summed E-state index contributed by atoms with van der Waals surface area (Å²) in [5.74, 6) is 6.98. The predicted molar refractivity (Wildman–Crippen MR) is 177 cm³/mol. The van der Waals surface area contributed by atoms with Gasteiger partial charge in [-0.05, 0) is 29.0 Å². The SMILES string of the molecule is [2H]C([2H])([2H])c1c[c-]c(-c2cc[c]([Ge]([CH3])([CH3])[CH3])cn2)cc1.[Ir].[c-]1cc2oc3cc(-c4ccccc4)ccc3c2cc1-c1ccccn1. The number of pyridine rings is 2.